The minimum absolute atomic E-state index is 0.0277. The summed E-state index contributed by atoms with van der Waals surface area (Å²) in [5, 5.41) is 4.99. The molecule has 2 saturated heterocycles. The maximum Gasteiger partial charge on any atom is 0.228 e. The first kappa shape index (κ1) is 20.6. The predicted octanol–water partition coefficient (Wildman–Crippen LogP) is 3.28. The number of hydrogen-bond donors (Lipinski definition) is 1. The maximum atomic E-state index is 13.0. The van der Waals surface area contributed by atoms with Crippen LogP contribution in [0.3, 0.4) is 0 Å². The van der Waals surface area contributed by atoms with E-state index >= 15 is 0 Å². The number of aryl methyl sites for hydroxylation is 1. The van der Waals surface area contributed by atoms with Crippen molar-refractivity contribution >= 4 is 34.7 Å². The lowest BCUT2D eigenvalue weighted by atomic mass is 9.97. The Morgan fingerprint density at radius 3 is 2.63 bits per heavy atom. The molecule has 2 aliphatic heterocycles. The van der Waals surface area contributed by atoms with Gasteiger partial charge < -0.3 is 15.1 Å². The lowest BCUT2D eigenvalue weighted by Gasteiger charge is -2.27. The summed E-state index contributed by atoms with van der Waals surface area (Å²) in [7, 11) is 0. The van der Waals surface area contributed by atoms with Crippen molar-refractivity contribution in [3.05, 3.63) is 52.2 Å². The van der Waals surface area contributed by atoms with Gasteiger partial charge in [-0.25, -0.2) is 0 Å². The first-order valence-electron chi connectivity index (χ1n) is 10.5. The van der Waals surface area contributed by atoms with Crippen molar-refractivity contribution in [1.82, 2.24) is 10.2 Å². The van der Waals surface area contributed by atoms with E-state index < -0.39 is 5.92 Å². The molecule has 30 heavy (non-hydrogen) atoms. The minimum atomic E-state index is -0.425. The minimum Gasteiger partial charge on any atom is -0.356 e. The van der Waals surface area contributed by atoms with Gasteiger partial charge in [-0.2, -0.15) is 0 Å². The van der Waals surface area contributed by atoms with Gasteiger partial charge in [0.1, 0.15) is 0 Å². The number of anilines is 1. The zero-order valence-corrected chi connectivity index (χ0v) is 18.0. The van der Waals surface area contributed by atoms with Crippen LogP contribution in [0.4, 0.5) is 5.69 Å². The van der Waals surface area contributed by atoms with Crippen LogP contribution in [0, 0.1) is 12.8 Å². The molecule has 0 spiro atoms. The summed E-state index contributed by atoms with van der Waals surface area (Å²) in [4.78, 5) is 42.3. The number of carbonyl (C=O) groups excluding carboxylic acids is 3. The van der Waals surface area contributed by atoms with Crippen LogP contribution in [0.1, 0.15) is 42.2 Å². The Morgan fingerprint density at radius 2 is 1.97 bits per heavy atom. The highest BCUT2D eigenvalue weighted by molar-refractivity contribution is 7.10. The van der Waals surface area contributed by atoms with Gasteiger partial charge in [0.2, 0.25) is 17.7 Å². The number of benzene rings is 1. The van der Waals surface area contributed by atoms with Gasteiger partial charge in [0.15, 0.2) is 0 Å². The third-order valence-electron chi connectivity index (χ3n) is 5.88. The lowest BCUT2D eigenvalue weighted by Crippen LogP contribution is -2.37. The lowest BCUT2D eigenvalue weighted by molar-refractivity contribution is -0.127. The summed E-state index contributed by atoms with van der Waals surface area (Å²) in [6.45, 7) is 4.01. The highest BCUT2D eigenvalue weighted by atomic mass is 32.1. The number of hydrogen-bond acceptors (Lipinski definition) is 4. The molecule has 0 radical (unpaired) electrons. The molecular weight excluding hydrogens is 398 g/mol. The Morgan fingerprint density at radius 1 is 1.17 bits per heavy atom. The molecule has 3 heterocycles. The molecular formula is C23H27N3O3S. The molecule has 2 aromatic rings. The van der Waals surface area contributed by atoms with Crippen LogP contribution in [-0.2, 0) is 14.4 Å². The maximum absolute atomic E-state index is 13.0. The smallest absolute Gasteiger partial charge is 0.228 e. The normalized spacial score (nSPS) is 21.5. The first-order valence-corrected chi connectivity index (χ1v) is 11.4. The summed E-state index contributed by atoms with van der Waals surface area (Å²) < 4.78 is 0. The Labute approximate surface area is 180 Å². The van der Waals surface area contributed by atoms with E-state index in [1.165, 1.54) is 0 Å². The number of rotatable bonds is 7. The second kappa shape index (κ2) is 9.00. The number of nitrogens with one attached hydrogen (secondary N) is 1. The monoisotopic (exact) mass is 425 g/mol. The van der Waals surface area contributed by atoms with Crippen LogP contribution in [0.5, 0.6) is 0 Å². The van der Waals surface area contributed by atoms with Gasteiger partial charge in [-0.1, -0.05) is 23.8 Å². The third-order valence-corrected chi connectivity index (χ3v) is 6.82. The van der Waals surface area contributed by atoms with Crippen LogP contribution >= 0.6 is 11.3 Å². The van der Waals surface area contributed by atoms with Crippen molar-refractivity contribution in [3.8, 4) is 0 Å². The molecule has 1 aromatic carbocycles. The van der Waals surface area contributed by atoms with E-state index in [9.17, 15) is 14.4 Å². The largest absolute Gasteiger partial charge is 0.356 e. The highest BCUT2D eigenvalue weighted by Gasteiger charge is 2.45. The average molecular weight is 426 g/mol. The van der Waals surface area contributed by atoms with Crippen molar-refractivity contribution in [2.75, 3.05) is 24.5 Å². The van der Waals surface area contributed by atoms with E-state index in [2.05, 4.69) is 5.32 Å². The molecule has 7 heteroatoms. The topological polar surface area (TPSA) is 69.7 Å². The summed E-state index contributed by atoms with van der Waals surface area (Å²) >= 11 is 1.57. The summed E-state index contributed by atoms with van der Waals surface area (Å²) in [6, 6.07) is 11.5. The molecule has 4 rings (SSSR count). The molecule has 2 aliphatic rings. The van der Waals surface area contributed by atoms with E-state index in [0.717, 1.165) is 35.5 Å². The average Bonchev–Trinajstić information content (AvgIpc) is 3.46. The van der Waals surface area contributed by atoms with Crippen LogP contribution in [-0.4, -0.2) is 42.3 Å². The quantitative estimate of drug-likeness (QED) is 0.692. The standard InChI is InChI=1S/C23H27N3O3S/c1-16-7-9-17(10-8-16)26-21(28)15-18(22(26)19-5-3-14-30-19)23(29)24-11-4-13-25-12-2-6-20(25)27/h3,5,7-10,14,18,22H,2,4,6,11-13,15H2,1H3,(H,24,29)/t18-,22-/m0/s1. The van der Waals surface area contributed by atoms with Crippen molar-refractivity contribution in [3.63, 3.8) is 0 Å². The molecule has 158 valence electrons. The molecule has 0 saturated carbocycles. The summed E-state index contributed by atoms with van der Waals surface area (Å²) in [5.74, 6) is -0.343. The van der Waals surface area contributed by atoms with Crippen LogP contribution in [0.2, 0.25) is 0 Å². The fourth-order valence-electron chi connectivity index (χ4n) is 4.32. The molecule has 3 amide bonds. The highest BCUT2D eigenvalue weighted by Crippen LogP contribution is 2.43. The molecule has 0 unspecified atom stereocenters. The number of amides is 3. The Balaban J connectivity index is 1.44. The second-order valence-electron chi connectivity index (χ2n) is 8.00. The van der Waals surface area contributed by atoms with E-state index in [-0.39, 0.29) is 30.2 Å². The van der Waals surface area contributed by atoms with Gasteiger partial charge >= 0.3 is 0 Å². The molecule has 1 N–H and O–H groups in total. The Hall–Kier alpha value is -2.67. The zero-order chi connectivity index (χ0) is 21.1. The molecule has 6 nitrogen and oxygen atoms in total. The molecule has 0 aliphatic carbocycles. The molecule has 0 bridgehead atoms. The van der Waals surface area contributed by atoms with Crippen LogP contribution in [0.25, 0.3) is 0 Å². The number of likely N-dealkylation sites (tertiary alicyclic amines) is 1. The molecule has 2 atom stereocenters. The SMILES string of the molecule is Cc1ccc(N2C(=O)C[C@H](C(=O)NCCCN3CCCC3=O)[C@H]2c2cccs2)cc1. The van der Waals surface area contributed by atoms with Crippen molar-refractivity contribution in [2.24, 2.45) is 5.92 Å². The van der Waals surface area contributed by atoms with E-state index in [1.54, 1.807) is 16.2 Å². The van der Waals surface area contributed by atoms with Crippen LogP contribution < -0.4 is 10.2 Å². The molecule has 1 aromatic heterocycles. The van der Waals surface area contributed by atoms with E-state index in [4.69, 9.17) is 0 Å². The fourth-order valence-corrected chi connectivity index (χ4v) is 5.20. The predicted molar refractivity (Wildman–Crippen MR) is 117 cm³/mol. The van der Waals surface area contributed by atoms with E-state index in [1.807, 2.05) is 53.6 Å². The van der Waals surface area contributed by atoms with Gasteiger partial charge in [0.25, 0.3) is 0 Å². The van der Waals surface area contributed by atoms with Gasteiger partial charge in [-0.05, 0) is 43.3 Å². The van der Waals surface area contributed by atoms with Crippen molar-refractivity contribution < 1.29 is 14.4 Å². The number of thiophene rings is 1. The Bertz CT molecular complexity index is 910. The van der Waals surface area contributed by atoms with Crippen LogP contribution in [0.15, 0.2) is 41.8 Å². The first-order chi connectivity index (χ1) is 14.5. The number of nitrogens with zero attached hydrogens (tertiary/aromatic N) is 2. The molecule has 2 fully saturated rings. The van der Waals surface area contributed by atoms with E-state index in [0.29, 0.717) is 19.5 Å². The summed E-state index contributed by atoms with van der Waals surface area (Å²) in [5.41, 5.74) is 1.95. The van der Waals surface area contributed by atoms with Crippen molar-refractivity contribution in [1.29, 1.82) is 0 Å². The van der Waals surface area contributed by atoms with Crippen molar-refractivity contribution in [2.45, 2.75) is 38.6 Å². The van der Waals surface area contributed by atoms with Gasteiger partial charge in [-0.15, -0.1) is 11.3 Å². The zero-order valence-electron chi connectivity index (χ0n) is 17.2. The second-order valence-corrected chi connectivity index (χ2v) is 8.98. The fraction of sp³-hybridized carbons (Fsp3) is 0.435. The van der Waals surface area contributed by atoms with Gasteiger partial charge in [0, 0.05) is 43.0 Å². The Kier molecular flexibility index (Phi) is 6.18. The summed E-state index contributed by atoms with van der Waals surface area (Å²) in [6.07, 6.45) is 2.48. The van der Waals surface area contributed by atoms with Gasteiger partial charge in [0.05, 0.1) is 12.0 Å². The van der Waals surface area contributed by atoms with Gasteiger partial charge in [-0.3, -0.25) is 14.4 Å². The number of carbonyl (C=O) groups is 3. The third kappa shape index (κ3) is 4.26.